The number of benzene rings is 4. The SMILES string of the molecule is c1c[nH]cn1.c1cc2sccc2s1.c1cc[nH]c1.c1ccc2[nH]ccc2c1.c1ccc2[nH]cnc2c1.c1ccc2nccnc2c1.c1ccc2sccc2c1.c1ccncc1.c1ccnnc1.c1ccoc1.c1ccsc1.c1cn[nH]c1.c1cn[nH]n1.c1cnccn1.c1cnccn1.c1cncnc1.c1cncnc1.c1cnoc1.c1cnsc1.c1cocn1.c1cscn1. The van der Waals surface area contributed by atoms with E-state index in [1.54, 1.807) is 279 Å². The molecule has 0 radical (unpaired) electrons. The summed E-state index contributed by atoms with van der Waals surface area (Å²) >= 11 is 10.2. The Labute approximate surface area is 778 Å². The van der Waals surface area contributed by atoms with Crippen LogP contribution in [-0.2, 0) is 0 Å². The maximum Gasteiger partial charge on any atom is 0.180 e. The van der Waals surface area contributed by atoms with E-state index in [1.165, 1.54) is 73.5 Å². The minimum atomic E-state index is 0.949. The third-order valence-electron chi connectivity index (χ3n) is 13.4. The van der Waals surface area contributed by atoms with Crippen LogP contribution in [-0.4, -0.2) is 140 Å². The van der Waals surface area contributed by atoms with Crippen molar-refractivity contribution in [1.29, 1.82) is 0 Å². The Kier molecular flexibility index (Phi) is 61.8. The smallest absolute Gasteiger partial charge is 0.180 e. The molecule has 0 saturated heterocycles. The first-order chi connectivity index (χ1) is 65.3. The molecule has 37 heteroatoms. The highest BCUT2D eigenvalue weighted by Crippen LogP contribution is 2.25. The Hall–Kier alpha value is -17.1. The highest BCUT2D eigenvalue weighted by molar-refractivity contribution is 7.25. The molecule has 26 rings (SSSR count). The first kappa shape index (κ1) is 103. The molecule has 0 saturated carbocycles. The molecule has 0 aliphatic heterocycles. The number of pyridine rings is 1. The molecule has 31 nitrogen and oxygen atoms in total. The predicted molar refractivity (Wildman–Crippen MR) is 524 cm³/mol. The van der Waals surface area contributed by atoms with Crippen LogP contribution in [0.1, 0.15) is 0 Å². The molecule has 0 fully saturated rings. The van der Waals surface area contributed by atoms with Crippen LogP contribution in [0.3, 0.4) is 0 Å². The summed E-state index contributed by atoms with van der Waals surface area (Å²) in [4.78, 5) is 68.4. The number of rotatable bonds is 0. The number of aromatic amines is 6. The van der Waals surface area contributed by atoms with Crippen LogP contribution < -0.4 is 0 Å². The lowest BCUT2D eigenvalue weighted by Crippen LogP contribution is -1.78. The lowest BCUT2D eigenvalue weighted by molar-refractivity contribution is 0.420. The number of hydrogen-bond donors (Lipinski definition) is 6. The van der Waals surface area contributed by atoms with Crippen LogP contribution in [0.15, 0.2) is 524 Å². The third-order valence-corrected chi connectivity index (χ3v) is 17.9. The van der Waals surface area contributed by atoms with Crippen molar-refractivity contribution >= 4 is 121 Å². The number of imidazole rings is 2. The molecule has 0 atom stereocenters. The second-order valence-electron chi connectivity index (χ2n) is 22.5. The Morgan fingerprint density at radius 1 is 0.267 bits per heavy atom. The largest absolute Gasteiger partial charge is 0.473 e. The molecule has 660 valence electrons. The van der Waals surface area contributed by atoms with E-state index in [-0.39, 0.29) is 0 Å². The number of fused-ring (bicyclic) bond motifs is 5. The van der Waals surface area contributed by atoms with Gasteiger partial charge in [0.1, 0.15) is 25.2 Å². The lowest BCUT2D eigenvalue weighted by Gasteiger charge is -1.90. The number of H-pyrrole nitrogens is 6. The van der Waals surface area contributed by atoms with Crippen LogP contribution in [0.25, 0.3) is 52.5 Å². The maximum atomic E-state index is 4.58. The molecule has 6 N–H and O–H groups in total. The van der Waals surface area contributed by atoms with Crippen LogP contribution in [0.4, 0.5) is 0 Å². The highest BCUT2D eigenvalue weighted by Gasteiger charge is 1.93. The van der Waals surface area contributed by atoms with Gasteiger partial charge in [0, 0.05) is 198 Å². The van der Waals surface area contributed by atoms with E-state index in [9.17, 15) is 0 Å². The minimum Gasteiger partial charge on any atom is -0.473 e. The Bertz CT molecular complexity index is 4960. The summed E-state index contributed by atoms with van der Waals surface area (Å²) in [5.41, 5.74) is 7.02. The summed E-state index contributed by atoms with van der Waals surface area (Å²) in [5.74, 6) is 0. The number of aromatic nitrogens is 28. The van der Waals surface area contributed by atoms with Gasteiger partial charge in [-0.15, -0.1) is 45.3 Å². The summed E-state index contributed by atoms with van der Waals surface area (Å²) in [5, 5.41) is 42.9. The number of oxazole rings is 1. The number of hydrogen-bond acceptors (Lipinski definition) is 31. The Morgan fingerprint density at radius 2 is 0.855 bits per heavy atom. The number of nitrogens with one attached hydrogen (secondary N) is 6. The van der Waals surface area contributed by atoms with E-state index >= 15 is 0 Å². The van der Waals surface area contributed by atoms with Gasteiger partial charge in [0.15, 0.2) is 6.39 Å². The monoisotopic (exact) mass is 1850 g/mol. The van der Waals surface area contributed by atoms with E-state index < -0.39 is 0 Å². The summed E-state index contributed by atoms with van der Waals surface area (Å²) in [7, 11) is 0. The first-order valence-electron chi connectivity index (χ1n) is 38.6. The Morgan fingerprint density at radius 3 is 1.19 bits per heavy atom. The average Bonchev–Trinajstić information content (AvgIpc) is 1.42. The molecule has 131 heavy (non-hydrogen) atoms. The topological polar surface area (TPSA) is 418 Å². The molecule has 22 aromatic heterocycles. The predicted octanol–water partition coefficient (Wildman–Crippen LogP) is 23.0. The normalized spacial score (nSPS) is 8.76. The van der Waals surface area contributed by atoms with E-state index in [0.717, 1.165) is 22.1 Å². The van der Waals surface area contributed by atoms with Gasteiger partial charge in [-0.25, -0.2) is 39.3 Å². The molecule has 4 aromatic carbocycles. The van der Waals surface area contributed by atoms with Crippen molar-refractivity contribution in [2.45, 2.75) is 0 Å². The molecular formula is C94H90N28O3S6. The summed E-state index contributed by atoms with van der Waals surface area (Å²) in [6, 6.07) is 70.9. The molecule has 0 spiro atoms. The van der Waals surface area contributed by atoms with Crippen molar-refractivity contribution in [2.75, 3.05) is 0 Å². The van der Waals surface area contributed by atoms with Crippen LogP contribution in [0.2, 0.25) is 0 Å². The number of nitrogens with zero attached hydrogens (tertiary/aromatic N) is 22. The van der Waals surface area contributed by atoms with E-state index in [1.807, 2.05) is 180 Å². The number of para-hydroxylation sites is 5. The average molecular weight is 1850 g/mol. The lowest BCUT2D eigenvalue weighted by atomic mass is 10.3. The van der Waals surface area contributed by atoms with Crippen LogP contribution in [0, 0.1) is 0 Å². The second kappa shape index (κ2) is 78.8. The van der Waals surface area contributed by atoms with Gasteiger partial charge in [0.25, 0.3) is 0 Å². The van der Waals surface area contributed by atoms with Crippen molar-refractivity contribution in [3.05, 3.63) is 510 Å². The van der Waals surface area contributed by atoms with Crippen molar-refractivity contribution in [1.82, 2.24) is 140 Å². The fourth-order valence-corrected chi connectivity index (χ4v) is 11.8. The fourth-order valence-electron chi connectivity index (χ4n) is 8.00. The van der Waals surface area contributed by atoms with Gasteiger partial charge >= 0.3 is 0 Å². The fraction of sp³-hybridized carbons (Fsp3) is 0. The van der Waals surface area contributed by atoms with Gasteiger partial charge in [0.05, 0.1) is 77.5 Å². The molecular weight excluding hydrogens is 1760 g/mol. The third kappa shape index (κ3) is 58.6. The maximum absolute atomic E-state index is 4.58. The van der Waals surface area contributed by atoms with Gasteiger partial charge in [-0.1, -0.05) is 84.0 Å². The van der Waals surface area contributed by atoms with Crippen molar-refractivity contribution in [2.24, 2.45) is 0 Å². The minimum absolute atomic E-state index is 0.949. The number of thiophene rings is 4. The van der Waals surface area contributed by atoms with E-state index in [0.29, 0.717) is 0 Å². The molecule has 0 amide bonds. The van der Waals surface area contributed by atoms with E-state index in [2.05, 4.69) is 230 Å². The highest BCUT2D eigenvalue weighted by atomic mass is 32.1. The zero-order chi connectivity index (χ0) is 91.3. The quantitative estimate of drug-likeness (QED) is 0.0821. The summed E-state index contributed by atoms with van der Waals surface area (Å²) in [6.07, 6.45) is 66.5. The van der Waals surface area contributed by atoms with Crippen LogP contribution in [0.5, 0.6) is 0 Å². The molecule has 22 heterocycles. The molecule has 0 aliphatic carbocycles. The van der Waals surface area contributed by atoms with Gasteiger partial charge in [-0.2, -0.15) is 42.0 Å². The van der Waals surface area contributed by atoms with Crippen molar-refractivity contribution in [3.63, 3.8) is 0 Å². The van der Waals surface area contributed by atoms with Gasteiger partial charge < -0.3 is 33.3 Å². The molecule has 0 unspecified atom stereocenters. The van der Waals surface area contributed by atoms with Crippen LogP contribution >= 0.6 is 68.2 Å². The van der Waals surface area contributed by atoms with Gasteiger partial charge in [-0.05, 0) is 189 Å². The molecule has 0 aliphatic rings. The first-order valence-corrected chi connectivity index (χ1v) is 44.0. The zero-order valence-electron chi connectivity index (χ0n) is 70.0. The molecule has 0 bridgehead atoms. The van der Waals surface area contributed by atoms with Gasteiger partial charge in [0.2, 0.25) is 0 Å². The second-order valence-corrected chi connectivity index (χ2v) is 27.6. The zero-order valence-corrected chi connectivity index (χ0v) is 74.9. The summed E-state index contributed by atoms with van der Waals surface area (Å²) < 4.78 is 21.3. The van der Waals surface area contributed by atoms with Crippen molar-refractivity contribution < 1.29 is 13.4 Å². The van der Waals surface area contributed by atoms with E-state index in [4.69, 9.17) is 0 Å². The number of thiazole rings is 1. The van der Waals surface area contributed by atoms with Gasteiger partial charge in [-0.3, -0.25) is 45.0 Å². The standard InChI is InChI=1S/C8H6N2.C8H7N.C8H6S.C7H6N2.C6H4S2.C5H5N.5C4H4N2.C4H5N.C4H4O.C4H4S.2C3H4N2.2C3H3NO.2C3H3NS.C2H3N3/c1-2-4-8-7(3-1)9-5-6-10-8;2*1-2-4-8-7(3-1)5-6-9-8;1-2-4-7-6(3-1)8-5-9-7;1-3-7-6-2-4-8-5(1)6;1-2-4-6-5-3-1;2*1-2-6-4-3-5-1;2*1-2-5-4-6-3-1;1-2-4-6-5-3-1;3*1-2-4-5-3-1;1-2-5-3-4-1;1-2-4-5-3-1;1-2-5-3-4-1;1-2-4-5-3-1;1-2-5-3-4-1;2*1-2-4-5-3-1/h1-6H;1-6,9H;1-6H;1-5H,(H,8,9);1-4H;1-5H;5*1-4H;1-5H;2*1-4H;2*1-3H,(H,4,5);4*1-3H;1-2H,(H,3,4,5). The molecule has 26 aromatic rings. The Balaban J connectivity index is 0.000000213. The summed E-state index contributed by atoms with van der Waals surface area (Å²) in [6.45, 7) is 0. The number of furan rings is 1. The van der Waals surface area contributed by atoms with Crippen molar-refractivity contribution in [3.8, 4) is 0 Å².